The van der Waals surface area contributed by atoms with Crippen LogP contribution in [0.2, 0.25) is 0 Å². The highest BCUT2D eigenvalue weighted by Gasteiger charge is 1.99. The summed E-state index contributed by atoms with van der Waals surface area (Å²) in [6, 6.07) is 8.42. The SMILES string of the molecule is CN=C(NCCOc1ccc(C)cc1)NC(C)C. The third-order valence-electron chi connectivity index (χ3n) is 2.33. The second kappa shape index (κ2) is 7.58. The van der Waals surface area contributed by atoms with Crippen molar-refractivity contribution in [2.24, 2.45) is 4.99 Å². The predicted octanol–water partition coefficient (Wildman–Crippen LogP) is 1.95. The maximum Gasteiger partial charge on any atom is 0.191 e. The molecular formula is C14H23N3O. The van der Waals surface area contributed by atoms with E-state index in [-0.39, 0.29) is 0 Å². The van der Waals surface area contributed by atoms with Crippen molar-refractivity contribution in [1.82, 2.24) is 10.6 Å². The van der Waals surface area contributed by atoms with Crippen LogP contribution in [-0.2, 0) is 0 Å². The first kappa shape index (κ1) is 14.4. The molecule has 0 bridgehead atoms. The van der Waals surface area contributed by atoms with Crippen molar-refractivity contribution in [3.8, 4) is 5.75 Å². The summed E-state index contributed by atoms with van der Waals surface area (Å²) >= 11 is 0. The summed E-state index contributed by atoms with van der Waals surface area (Å²) in [4.78, 5) is 4.12. The number of guanidine groups is 1. The molecule has 0 saturated carbocycles. The topological polar surface area (TPSA) is 45.7 Å². The van der Waals surface area contributed by atoms with Gasteiger partial charge in [0.05, 0.1) is 6.54 Å². The van der Waals surface area contributed by atoms with Gasteiger partial charge in [0.2, 0.25) is 0 Å². The van der Waals surface area contributed by atoms with E-state index in [2.05, 4.69) is 36.4 Å². The molecule has 2 N–H and O–H groups in total. The molecule has 0 atom stereocenters. The number of benzene rings is 1. The molecule has 0 saturated heterocycles. The van der Waals surface area contributed by atoms with E-state index in [1.807, 2.05) is 24.3 Å². The van der Waals surface area contributed by atoms with Crippen LogP contribution < -0.4 is 15.4 Å². The van der Waals surface area contributed by atoms with Gasteiger partial charge < -0.3 is 15.4 Å². The average Bonchev–Trinajstić information content (AvgIpc) is 2.34. The second-order valence-electron chi connectivity index (χ2n) is 4.46. The lowest BCUT2D eigenvalue weighted by Gasteiger charge is -2.14. The first-order valence-electron chi connectivity index (χ1n) is 6.28. The summed E-state index contributed by atoms with van der Waals surface area (Å²) in [5.41, 5.74) is 1.24. The van der Waals surface area contributed by atoms with Crippen molar-refractivity contribution in [3.05, 3.63) is 29.8 Å². The number of nitrogens with zero attached hydrogens (tertiary/aromatic N) is 1. The zero-order chi connectivity index (χ0) is 13.4. The van der Waals surface area contributed by atoms with Gasteiger partial charge in [0.15, 0.2) is 5.96 Å². The number of rotatable bonds is 5. The van der Waals surface area contributed by atoms with Crippen LogP contribution in [0.4, 0.5) is 0 Å². The van der Waals surface area contributed by atoms with Gasteiger partial charge >= 0.3 is 0 Å². The monoisotopic (exact) mass is 249 g/mol. The van der Waals surface area contributed by atoms with E-state index >= 15 is 0 Å². The number of hydrogen-bond acceptors (Lipinski definition) is 2. The molecule has 0 aromatic heterocycles. The summed E-state index contributed by atoms with van der Waals surface area (Å²) in [7, 11) is 1.76. The van der Waals surface area contributed by atoms with Crippen LogP contribution in [-0.4, -0.2) is 32.2 Å². The van der Waals surface area contributed by atoms with Crippen LogP contribution in [0.1, 0.15) is 19.4 Å². The minimum Gasteiger partial charge on any atom is -0.492 e. The van der Waals surface area contributed by atoms with Crippen LogP contribution in [0.25, 0.3) is 0 Å². The number of nitrogens with one attached hydrogen (secondary N) is 2. The highest BCUT2D eigenvalue weighted by atomic mass is 16.5. The fourth-order valence-electron chi connectivity index (χ4n) is 1.44. The smallest absolute Gasteiger partial charge is 0.191 e. The lowest BCUT2D eigenvalue weighted by molar-refractivity contribution is 0.321. The molecule has 0 fully saturated rings. The molecule has 4 heteroatoms. The number of aliphatic imine (C=N–C) groups is 1. The Balaban J connectivity index is 2.24. The van der Waals surface area contributed by atoms with Gasteiger partial charge in [0.25, 0.3) is 0 Å². The molecule has 0 aliphatic carbocycles. The van der Waals surface area contributed by atoms with Crippen molar-refractivity contribution in [1.29, 1.82) is 0 Å². The Bertz CT molecular complexity index is 371. The summed E-state index contributed by atoms with van der Waals surface area (Å²) in [5, 5.41) is 6.42. The van der Waals surface area contributed by atoms with Gasteiger partial charge in [-0.2, -0.15) is 0 Å². The van der Waals surface area contributed by atoms with Crippen molar-refractivity contribution >= 4 is 5.96 Å². The highest BCUT2D eigenvalue weighted by molar-refractivity contribution is 5.79. The summed E-state index contributed by atoms with van der Waals surface area (Å²) in [6.45, 7) is 7.56. The Morgan fingerprint density at radius 3 is 2.50 bits per heavy atom. The summed E-state index contributed by atoms with van der Waals surface area (Å²) < 4.78 is 5.62. The van der Waals surface area contributed by atoms with Crippen LogP contribution in [0.5, 0.6) is 5.75 Å². The van der Waals surface area contributed by atoms with E-state index in [0.717, 1.165) is 18.3 Å². The average molecular weight is 249 g/mol. The molecule has 18 heavy (non-hydrogen) atoms. The Morgan fingerprint density at radius 2 is 1.94 bits per heavy atom. The zero-order valence-corrected chi connectivity index (χ0v) is 11.7. The van der Waals surface area contributed by atoms with Gasteiger partial charge in [0.1, 0.15) is 12.4 Å². The van der Waals surface area contributed by atoms with E-state index in [1.54, 1.807) is 7.05 Å². The number of ether oxygens (including phenoxy) is 1. The molecule has 0 aliphatic heterocycles. The maximum atomic E-state index is 5.62. The molecule has 100 valence electrons. The molecule has 1 aromatic rings. The Hall–Kier alpha value is -1.71. The van der Waals surface area contributed by atoms with Crippen molar-refractivity contribution in [2.45, 2.75) is 26.8 Å². The van der Waals surface area contributed by atoms with E-state index in [9.17, 15) is 0 Å². The van der Waals surface area contributed by atoms with E-state index in [0.29, 0.717) is 12.6 Å². The Morgan fingerprint density at radius 1 is 1.28 bits per heavy atom. The molecule has 4 nitrogen and oxygen atoms in total. The number of hydrogen-bond donors (Lipinski definition) is 2. The molecule has 0 heterocycles. The molecule has 0 radical (unpaired) electrons. The summed E-state index contributed by atoms with van der Waals surface area (Å²) in [5.74, 6) is 1.70. The standard InChI is InChI=1S/C14H23N3O/c1-11(2)17-14(15-4)16-9-10-18-13-7-5-12(3)6-8-13/h5-8,11H,9-10H2,1-4H3,(H2,15,16,17). The quantitative estimate of drug-likeness (QED) is 0.476. The third-order valence-corrected chi connectivity index (χ3v) is 2.33. The predicted molar refractivity (Wildman–Crippen MR) is 76.3 cm³/mol. The van der Waals surface area contributed by atoms with Crippen LogP contribution in [0.3, 0.4) is 0 Å². The van der Waals surface area contributed by atoms with Crippen molar-refractivity contribution in [2.75, 3.05) is 20.2 Å². The van der Waals surface area contributed by atoms with Gasteiger partial charge in [-0.3, -0.25) is 4.99 Å². The normalized spacial score (nSPS) is 11.5. The third kappa shape index (κ3) is 5.57. The fourth-order valence-corrected chi connectivity index (χ4v) is 1.44. The Kier molecular flexibility index (Phi) is 6.05. The van der Waals surface area contributed by atoms with Gasteiger partial charge in [0, 0.05) is 13.1 Å². The largest absolute Gasteiger partial charge is 0.492 e. The van der Waals surface area contributed by atoms with Gasteiger partial charge in [-0.05, 0) is 32.9 Å². The minimum absolute atomic E-state index is 0.370. The molecule has 1 rings (SSSR count). The molecule has 0 amide bonds. The van der Waals surface area contributed by atoms with E-state index in [1.165, 1.54) is 5.56 Å². The van der Waals surface area contributed by atoms with Gasteiger partial charge in [-0.25, -0.2) is 0 Å². The van der Waals surface area contributed by atoms with E-state index < -0.39 is 0 Å². The van der Waals surface area contributed by atoms with E-state index in [4.69, 9.17) is 4.74 Å². The van der Waals surface area contributed by atoms with Crippen LogP contribution in [0.15, 0.2) is 29.3 Å². The summed E-state index contributed by atoms with van der Waals surface area (Å²) in [6.07, 6.45) is 0. The highest BCUT2D eigenvalue weighted by Crippen LogP contribution is 2.10. The van der Waals surface area contributed by atoms with Gasteiger partial charge in [-0.1, -0.05) is 17.7 Å². The first-order chi connectivity index (χ1) is 8.61. The minimum atomic E-state index is 0.370. The lowest BCUT2D eigenvalue weighted by atomic mass is 10.2. The second-order valence-corrected chi connectivity index (χ2v) is 4.46. The van der Waals surface area contributed by atoms with Gasteiger partial charge in [-0.15, -0.1) is 0 Å². The molecule has 1 aromatic carbocycles. The van der Waals surface area contributed by atoms with Crippen molar-refractivity contribution < 1.29 is 4.74 Å². The molecule has 0 aliphatic rings. The van der Waals surface area contributed by atoms with Crippen molar-refractivity contribution in [3.63, 3.8) is 0 Å². The molecule has 0 unspecified atom stereocenters. The zero-order valence-electron chi connectivity index (χ0n) is 11.7. The molecular weight excluding hydrogens is 226 g/mol. The van der Waals surface area contributed by atoms with Crippen LogP contribution in [0, 0.1) is 6.92 Å². The lowest BCUT2D eigenvalue weighted by Crippen LogP contribution is -2.42. The first-order valence-corrected chi connectivity index (χ1v) is 6.28. The maximum absolute atomic E-state index is 5.62. The van der Waals surface area contributed by atoms with Crippen LogP contribution >= 0.6 is 0 Å². The molecule has 0 spiro atoms. The Labute approximate surface area is 109 Å². The number of aryl methyl sites for hydroxylation is 1. The fraction of sp³-hybridized carbons (Fsp3) is 0.500.